The maximum atomic E-state index is 13.5. The molecule has 2 aromatic carbocycles. The quantitative estimate of drug-likeness (QED) is 0.119. The summed E-state index contributed by atoms with van der Waals surface area (Å²) >= 11 is 5.40. The summed E-state index contributed by atoms with van der Waals surface area (Å²) in [5.41, 5.74) is -2.93. The Morgan fingerprint density at radius 3 is 2.23 bits per heavy atom. The predicted octanol–water partition coefficient (Wildman–Crippen LogP) is 6.92. The fraction of sp³-hybridized carbons (Fsp3) is 0.333. The number of halogens is 6. The minimum Gasteiger partial charge on any atom is -0.338 e. The molecule has 1 amide bonds. The van der Waals surface area contributed by atoms with Crippen LogP contribution in [0.2, 0.25) is 0 Å². The van der Waals surface area contributed by atoms with Gasteiger partial charge in [-0.2, -0.15) is 41.6 Å². The molecule has 13 heteroatoms. The molecule has 4 rings (SSSR count). The molecule has 0 bridgehead atoms. The normalized spacial score (nSPS) is 14.7. The van der Waals surface area contributed by atoms with Crippen LogP contribution >= 0.6 is 12.2 Å². The summed E-state index contributed by atoms with van der Waals surface area (Å²) < 4.78 is 82.6. The number of thiocarbonyl (C=S) groups is 1. The lowest BCUT2D eigenvalue weighted by atomic mass is 10.0. The monoisotopic (exact) mass is 581 g/mol. The molecular formula is C27H25F6N5OS. The number of alkyl halides is 6. The molecule has 1 fully saturated rings. The summed E-state index contributed by atoms with van der Waals surface area (Å²) in [5, 5.41) is 9.64. The van der Waals surface area contributed by atoms with Crippen molar-refractivity contribution < 1.29 is 31.1 Å². The molecule has 0 unspecified atom stereocenters. The van der Waals surface area contributed by atoms with E-state index in [-0.39, 0.29) is 29.0 Å². The van der Waals surface area contributed by atoms with Gasteiger partial charge in [0.15, 0.2) is 5.11 Å². The van der Waals surface area contributed by atoms with Gasteiger partial charge in [0.2, 0.25) is 0 Å². The minimum atomic E-state index is -5.03. The number of unbranched alkanes of at least 4 members (excludes halogenated alkanes) is 3. The number of carbonyl (C=O) groups excluding carboxylic acids is 1. The van der Waals surface area contributed by atoms with E-state index in [9.17, 15) is 31.1 Å². The van der Waals surface area contributed by atoms with Gasteiger partial charge in [0.1, 0.15) is 12.2 Å². The second kappa shape index (κ2) is 11.8. The van der Waals surface area contributed by atoms with Crippen molar-refractivity contribution in [2.75, 3.05) is 13.1 Å². The van der Waals surface area contributed by atoms with E-state index in [1.54, 1.807) is 35.2 Å². The van der Waals surface area contributed by atoms with Crippen molar-refractivity contribution in [1.82, 2.24) is 19.7 Å². The van der Waals surface area contributed by atoms with Crippen molar-refractivity contribution in [3.8, 4) is 16.9 Å². The number of para-hydroxylation sites is 1. The number of rotatable bonds is 9. The SMILES string of the molecule is CCCCCCN1CC(=O)N(/N=C\c2cn(-c3ccccc3)nc2-c2cc(C(F)(F)F)cc(C(F)(F)F)c2)C1=S. The van der Waals surface area contributed by atoms with Gasteiger partial charge in [-0.15, -0.1) is 0 Å². The molecule has 212 valence electrons. The smallest absolute Gasteiger partial charge is 0.338 e. The van der Waals surface area contributed by atoms with Crippen LogP contribution in [0.25, 0.3) is 16.9 Å². The third-order valence-electron chi connectivity index (χ3n) is 6.23. The number of hydrogen-bond acceptors (Lipinski definition) is 4. The first kappa shape index (κ1) is 29.2. The molecule has 0 atom stereocenters. The van der Waals surface area contributed by atoms with Crippen molar-refractivity contribution >= 4 is 29.5 Å². The lowest BCUT2D eigenvalue weighted by Crippen LogP contribution is -2.30. The largest absolute Gasteiger partial charge is 0.416 e. The lowest BCUT2D eigenvalue weighted by molar-refractivity contribution is -0.143. The molecule has 0 aliphatic carbocycles. The van der Waals surface area contributed by atoms with Crippen LogP contribution in [0.1, 0.15) is 49.3 Å². The number of benzene rings is 2. The van der Waals surface area contributed by atoms with E-state index in [1.165, 1.54) is 17.1 Å². The van der Waals surface area contributed by atoms with Crippen LogP contribution in [0.4, 0.5) is 26.3 Å². The number of hydrazone groups is 1. The van der Waals surface area contributed by atoms with E-state index in [0.717, 1.165) is 30.7 Å². The number of amides is 1. The van der Waals surface area contributed by atoms with E-state index < -0.39 is 35.0 Å². The number of nitrogens with zero attached hydrogens (tertiary/aromatic N) is 5. The zero-order chi connectivity index (χ0) is 29.1. The van der Waals surface area contributed by atoms with Gasteiger partial charge in [-0.05, 0) is 49.0 Å². The average Bonchev–Trinajstić information content (AvgIpc) is 3.45. The summed E-state index contributed by atoms with van der Waals surface area (Å²) in [7, 11) is 0. The Morgan fingerprint density at radius 2 is 1.62 bits per heavy atom. The van der Waals surface area contributed by atoms with Gasteiger partial charge in [-0.3, -0.25) is 4.79 Å². The predicted molar refractivity (Wildman–Crippen MR) is 142 cm³/mol. The topological polar surface area (TPSA) is 53.7 Å². The van der Waals surface area contributed by atoms with E-state index >= 15 is 0 Å². The van der Waals surface area contributed by atoms with E-state index in [2.05, 4.69) is 17.1 Å². The van der Waals surface area contributed by atoms with Crippen LogP contribution in [-0.2, 0) is 17.1 Å². The molecule has 6 nitrogen and oxygen atoms in total. The molecule has 1 aliphatic rings. The highest BCUT2D eigenvalue weighted by Gasteiger charge is 2.37. The summed E-state index contributed by atoms with van der Waals surface area (Å²) in [5.74, 6) is -0.396. The van der Waals surface area contributed by atoms with Crippen LogP contribution in [0.3, 0.4) is 0 Å². The fourth-order valence-electron chi connectivity index (χ4n) is 4.19. The Bertz CT molecular complexity index is 1370. The van der Waals surface area contributed by atoms with Crippen molar-refractivity contribution in [3.05, 3.63) is 71.4 Å². The standard InChI is InChI=1S/C27H25F6N5OS/c1-2-3-4-8-11-36-17-23(39)38(25(36)40)34-15-19-16-37(22-9-6-5-7-10-22)35-24(19)18-12-20(26(28,29)30)14-21(13-18)27(31,32)33/h5-7,9-10,12-16H,2-4,8,11,17H2,1H3/b34-15-. The van der Waals surface area contributed by atoms with Gasteiger partial charge in [0.25, 0.3) is 5.91 Å². The summed E-state index contributed by atoms with van der Waals surface area (Å²) in [4.78, 5) is 14.3. The lowest BCUT2D eigenvalue weighted by Gasteiger charge is -2.17. The number of carbonyl (C=O) groups is 1. The van der Waals surface area contributed by atoms with Gasteiger partial charge in [-0.25, -0.2) is 4.68 Å². The molecule has 0 saturated carbocycles. The van der Waals surface area contributed by atoms with Crippen molar-refractivity contribution in [2.45, 2.75) is 45.0 Å². The molecule has 0 spiro atoms. The second-order valence-corrected chi connectivity index (χ2v) is 9.59. The molecule has 1 aromatic heterocycles. The second-order valence-electron chi connectivity index (χ2n) is 9.22. The first-order chi connectivity index (χ1) is 18.9. The zero-order valence-corrected chi connectivity index (χ0v) is 22.2. The van der Waals surface area contributed by atoms with Crippen LogP contribution in [0.5, 0.6) is 0 Å². The molecular weight excluding hydrogens is 556 g/mol. The number of hydrogen-bond donors (Lipinski definition) is 0. The van der Waals surface area contributed by atoms with Gasteiger partial charge < -0.3 is 4.90 Å². The average molecular weight is 582 g/mol. The third-order valence-corrected chi connectivity index (χ3v) is 6.66. The highest BCUT2D eigenvalue weighted by molar-refractivity contribution is 7.80. The third kappa shape index (κ3) is 6.69. The zero-order valence-electron chi connectivity index (χ0n) is 21.3. The van der Waals surface area contributed by atoms with Gasteiger partial charge >= 0.3 is 12.4 Å². The van der Waals surface area contributed by atoms with Crippen LogP contribution in [-0.4, -0.2) is 50.0 Å². The number of aromatic nitrogens is 2. The first-order valence-corrected chi connectivity index (χ1v) is 12.9. The minimum absolute atomic E-state index is 0.0288. The highest BCUT2D eigenvalue weighted by Crippen LogP contribution is 2.39. The van der Waals surface area contributed by atoms with Gasteiger partial charge in [0.05, 0.1) is 23.0 Å². The molecule has 3 aromatic rings. The van der Waals surface area contributed by atoms with Crippen LogP contribution in [0, 0.1) is 0 Å². The Labute approximate surface area is 231 Å². The maximum absolute atomic E-state index is 13.5. The van der Waals surface area contributed by atoms with Crippen molar-refractivity contribution in [3.63, 3.8) is 0 Å². The highest BCUT2D eigenvalue weighted by atomic mass is 32.1. The molecule has 2 heterocycles. The summed E-state index contributed by atoms with van der Waals surface area (Å²) in [6, 6.07) is 9.75. The molecule has 1 saturated heterocycles. The Hall–Kier alpha value is -3.74. The van der Waals surface area contributed by atoms with E-state index in [4.69, 9.17) is 12.2 Å². The molecule has 0 N–H and O–H groups in total. The van der Waals surface area contributed by atoms with Crippen molar-refractivity contribution in [2.24, 2.45) is 5.10 Å². The summed E-state index contributed by atoms with van der Waals surface area (Å²) in [6.07, 6.45) is -3.56. The van der Waals surface area contributed by atoms with Crippen molar-refractivity contribution in [1.29, 1.82) is 0 Å². The molecule has 0 radical (unpaired) electrons. The van der Waals surface area contributed by atoms with Gasteiger partial charge in [-0.1, -0.05) is 44.4 Å². The van der Waals surface area contributed by atoms with Crippen LogP contribution < -0.4 is 0 Å². The molecule has 1 aliphatic heterocycles. The Morgan fingerprint density at radius 1 is 0.975 bits per heavy atom. The Kier molecular flexibility index (Phi) is 8.62. The molecule has 40 heavy (non-hydrogen) atoms. The van der Waals surface area contributed by atoms with Gasteiger partial charge in [0, 0.05) is 23.9 Å². The fourth-order valence-corrected chi connectivity index (χ4v) is 4.49. The van der Waals surface area contributed by atoms with Crippen LogP contribution in [0.15, 0.2) is 59.8 Å². The van der Waals surface area contributed by atoms with E-state index in [1.807, 2.05) is 0 Å². The summed E-state index contributed by atoms with van der Waals surface area (Å²) in [6.45, 7) is 2.68. The first-order valence-electron chi connectivity index (χ1n) is 12.5. The Balaban J connectivity index is 1.74. The van der Waals surface area contributed by atoms with E-state index in [0.29, 0.717) is 24.4 Å². The maximum Gasteiger partial charge on any atom is 0.416 e.